The van der Waals surface area contributed by atoms with E-state index in [1.807, 2.05) is 55.5 Å². The van der Waals surface area contributed by atoms with Crippen molar-refractivity contribution < 1.29 is 4.74 Å². The Kier molecular flexibility index (Phi) is 5.26. The Hall–Kier alpha value is -2.50. The monoisotopic (exact) mass is 354 g/mol. The smallest absolute Gasteiger partial charge is 0.320 e. The highest BCUT2D eigenvalue weighted by Crippen LogP contribution is 2.29. The van der Waals surface area contributed by atoms with E-state index in [1.165, 1.54) is 7.11 Å². The first-order valence-electron chi connectivity index (χ1n) is 7.96. The van der Waals surface area contributed by atoms with Gasteiger partial charge in [0.15, 0.2) is 11.6 Å². The maximum Gasteiger partial charge on any atom is 0.320 e. The summed E-state index contributed by atoms with van der Waals surface area (Å²) in [4.78, 5) is 13.3. The zero-order valence-corrected chi connectivity index (χ0v) is 14.9. The summed E-state index contributed by atoms with van der Waals surface area (Å²) in [5.41, 5.74) is 8.60. The van der Waals surface area contributed by atoms with Gasteiger partial charge in [0.1, 0.15) is 0 Å². The van der Waals surface area contributed by atoms with Crippen LogP contribution >= 0.6 is 11.6 Å². The highest BCUT2D eigenvalue weighted by atomic mass is 35.5. The molecule has 3 aromatic rings. The summed E-state index contributed by atoms with van der Waals surface area (Å²) in [5, 5.41) is 0.570. The molecule has 128 valence electrons. The van der Waals surface area contributed by atoms with Crippen molar-refractivity contribution >= 4 is 11.6 Å². The number of halogens is 1. The van der Waals surface area contributed by atoms with Crippen molar-refractivity contribution in [2.45, 2.75) is 19.4 Å². The molecule has 2 N–H and O–H groups in total. The average Bonchev–Trinajstić information content (AvgIpc) is 2.63. The second-order valence-corrected chi connectivity index (χ2v) is 6.24. The van der Waals surface area contributed by atoms with Gasteiger partial charge in [0, 0.05) is 17.2 Å². The molecule has 0 bridgehead atoms. The van der Waals surface area contributed by atoms with E-state index in [9.17, 15) is 0 Å². The first-order chi connectivity index (χ1) is 12.1. The second kappa shape index (κ2) is 7.59. The lowest BCUT2D eigenvalue weighted by atomic mass is 10.0. The number of rotatable bonds is 5. The highest BCUT2D eigenvalue weighted by molar-refractivity contribution is 6.33. The van der Waals surface area contributed by atoms with Gasteiger partial charge in [-0.3, -0.25) is 0 Å². The number of nitrogens with two attached hydrogens (primary N) is 1. The van der Waals surface area contributed by atoms with Crippen LogP contribution < -0.4 is 10.5 Å². The van der Waals surface area contributed by atoms with E-state index in [4.69, 9.17) is 22.1 Å². The van der Waals surface area contributed by atoms with E-state index in [-0.39, 0.29) is 12.1 Å². The van der Waals surface area contributed by atoms with Crippen LogP contribution in [0, 0.1) is 0 Å². The van der Waals surface area contributed by atoms with Crippen LogP contribution in [0.4, 0.5) is 0 Å². The van der Waals surface area contributed by atoms with E-state index >= 15 is 0 Å². The van der Waals surface area contributed by atoms with Crippen molar-refractivity contribution in [3.63, 3.8) is 0 Å². The van der Waals surface area contributed by atoms with Crippen molar-refractivity contribution in [1.29, 1.82) is 0 Å². The fourth-order valence-electron chi connectivity index (χ4n) is 2.53. The van der Waals surface area contributed by atoms with Gasteiger partial charge in [0.2, 0.25) is 0 Å². The van der Waals surface area contributed by atoms with Gasteiger partial charge in [0.05, 0.1) is 12.1 Å². The Balaban J connectivity index is 2.11. The summed E-state index contributed by atoms with van der Waals surface area (Å²) in [6, 6.07) is 15.8. The van der Waals surface area contributed by atoms with E-state index in [2.05, 4.69) is 15.0 Å². The van der Waals surface area contributed by atoms with Crippen LogP contribution in [0.3, 0.4) is 0 Å². The Morgan fingerprint density at radius 1 is 1.04 bits per heavy atom. The second-order valence-electron chi connectivity index (χ2n) is 5.83. The van der Waals surface area contributed by atoms with Gasteiger partial charge in [-0.15, -0.1) is 0 Å². The molecule has 0 saturated carbocycles. The van der Waals surface area contributed by atoms with Crippen LogP contribution in [0.5, 0.6) is 6.01 Å². The Morgan fingerprint density at radius 2 is 1.76 bits per heavy atom. The lowest BCUT2D eigenvalue weighted by molar-refractivity contribution is 0.379. The van der Waals surface area contributed by atoms with Gasteiger partial charge >= 0.3 is 6.01 Å². The third-order valence-electron chi connectivity index (χ3n) is 3.66. The Labute approximate surface area is 151 Å². The van der Waals surface area contributed by atoms with Crippen LogP contribution in [0.1, 0.15) is 12.5 Å². The summed E-state index contributed by atoms with van der Waals surface area (Å²) in [6.45, 7) is 1.97. The van der Waals surface area contributed by atoms with E-state index in [1.54, 1.807) is 0 Å². The minimum absolute atomic E-state index is 0.0572. The molecule has 0 aliphatic heterocycles. The van der Waals surface area contributed by atoms with Gasteiger partial charge in [-0.1, -0.05) is 48.0 Å². The highest BCUT2D eigenvalue weighted by Gasteiger charge is 2.14. The minimum atomic E-state index is 0.0572. The van der Waals surface area contributed by atoms with Crippen LogP contribution in [0.25, 0.3) is 22.8 Å². The summed E-state index contributed by atoms with van der Waals surface area (Å²) in [7, 11) is 1.53. The van der Waals surface area contributed by atoms with Gasteiger partial charge in [-0.25, -0.2) is 4.98 Å². The van der Waals surface area contributed by atoms with Crippen molar-refractivity contribution in [3.05, 3.63) is 59.1 Å². The Morgan fingerprint density at radius 3 is 2.44 bits per heavy atom. The number of hydrogen-bond acceptors (Lipinski definition) is 5. The van der Waals surface area contributed by atoms with Gasteiger partial charge in [-0.05, 0) is 31.0 Å². The summed E-state index contributed by atoms with van der Waals surface area (Å²) >= 11 is 6.39. The molecule has 0 saturated heterocycles. The average molecular weight is 355 g/mol. The van der Waals surface area contributed by atoms with Crippen LogP contribution in [-0.4, -0.2) is 28.1 Å². The zero-order valence-electron chi connectivity index (χ0n) is 14.1. The van der Waals surface area contributed by atoms with E-state index in [0.717, 1.165) is 23.1 Å². The number of ether oxygens (including phenoxy) is 1. The SMILES string of the molecule is COc1nc(-c2ccccc2)nc(-c2cc(CC(C)N)ccc2Cl)n1. The van der Waals surface area contributed by atoms with Gasteiger partial charge in [0.25, 0.3) is 0 Å². The molecule has 6 heteroatoms. The van der Waals surface area contributed by atoms with Gasteiger partial charge in [-0.2, -0.15) is 9.97 Å². The largest absolute Gasteiger partial charge is 0.467 e. The molecule has 0 amide bonds. The van der Waals surface area contributed by atoms with Crippen molar-refractivity contribution in [2.75, 3.05) is 7.11 Å². The van der Waals surface area contributed by atoms with Crippen LogP contribution in [0.2, 0.25) is 5.02 Å². The molecule has 5 nitrogen and oxygen atoms in total. The molecule has 1 heterocycles. The molecule has 1 unspecified atom stereocenters. The number of aromatic nitrogens is 3. The topological polar surface area (TPSA) is 73.9 Å². The molecule has 3 rings (SSSR count). The van der Waals surface area contributed by atoms with E-state index in [0.29, 0.717) is 16.7 Å². The number of nitrogens with zero attached hydrogens (tertiary/aromatic N) is 3. The lowest BCUT2D eigenvalue weighted by Crippen LogP contribution is -2.17. The quantitative estimate of drug-likeness (QED) is 0.755. The molecule has 0 aliphatic rings. The van der Waals surface area contributed by atoms with Crippen LogP contribution in [-0.2, 0) is 6.42 Å². The first kappa shape index (κ1) is 17.3. The molecular weight excluding hydrogens is 336 g/mol. The number of hydrogen-bond donors (Lipinski definition) is 1. The normalized spacial score (nSPS) is 12.0. The van der Waals surface area contributed by atoms with E-state index < -0.39 is 0 Å². The molecule has 1 aromatic heterocycles. The fourth-order valence-corrected chi connectivity index (χ4v) is 2.73. The van der Waals surface area contributed by atoms with Crippen LogP contribution in [0.15, 0.2) is 48.5 Å². The van der Waals surface area contributed by atoms with Crippen molar-refractivity contribution in [3.8, 4) is 28.8 Å². The maximum absolute atomic E-state index is 6.39. The molecule has 0 aliphatic carbocycles. The molecule has 0 radical (unpaired) electrons. The number of methoxy groups -OCH3 is 1. The predicted octanol–water partition coefficient (Wildman–Crippen LogP) is 3.76. The zero-order chi connectivity index (χ0) is 17.8. The lowest BCUT2D eigenvalue weighted by Gasteiger charge is -2.10. The molecule has 1 atom stereocenters. The van der Waals surface area contributed by atoms with Crippen molar-refractivity contribution in [2.24, 2.45) is 5.73 Å². The predicted molar refractivity (Wildman–Crippen MR) is 99.6 cm³/mol. The van der Waals surface area contributed by atoms with Crippen molar-refractivity contribution in [1.82, 2.24) is 15.0 Å². The Bertz CT molecular complexity index is 869. The fraction of sp³-hybridized carbons (Fsp3) is 0.211. The maximum atomic E-state index is 6.39. The molecule has 0 fully saturated rings. The summed E-state index contributed by atoms with van der Waals surface area (Å²) in [6.07, 6.45) is 0.748. The summed E-state index contributed by atoms with van der Waals surface area (Å²) < 4.78 is 5.25. The standard InChI is InChI=1S/C19H19ClN4O/c1-12(21)10-13-8-9-16(20)15(11-13)18-22-17(23-19(24-18)25-2)14-6-4-3-5-7-14/h3-9,11-12H,10,21H2,1-2H3. The molecule has 0 spiro atoms. The first-order valence-corrected chi connectivity index (χ1v) is 8.34. The minimum Gasteiger partial charge on any atom is -0.467 e. The summed E-state index contributed by atoms with van der Waals surface area (Å²) in [5.74, 6) is 1.01. The third kappa shape index (κ3) is 4.13. The molecule has 2 aromatic carbocycles. The molecule has 25 heavy (non-hydrogen) atoms. The molecular formula is C19H19ClN4O. The van der Waals surface area contributed by atoms with Gasteiger partial charge < -0.3 is 10.5 Å². The third-order valence-corrected chi connectivity index (χ3v) is 3.99. The number of benzene rings is 2.